The number of likely N-dealkylation sites (N-methyl/N-ethyl adjacent to an activating group) is 1. The van der Waals surface area contributed by atoms with E-state index in [1.807, 2.05) is 21.1 Å². The summed E-state index contributed by atoms with van der Waals surface area (Å²) in [7, 11) is 5.75. The highest BCUT2D eigenvalue weighted by atomic mass is 16.5. The van der Waals surface area contributed by atoms with Crippen LogP contribution in [0.25, 0.3) is 0 Å². The number of esters is 1. The van der Waals surface area contributed by atoms with E-state index in [2.05, 4.69) is 12.2 Å². The third-order valence-corrected chi connectivity index (χ3v) is 4.12. The molecule has 162 valence electrons. The Morgan fingerprint density at radius 3 is 1.93 bits per heavy atom. The summed E-state index contributed by atoms with van der Waals surface area (Å²) in [5.41, 5.74) is 0. The van der Waals surface area contributed by atoms with Crippen molar-refractivity contribution in [3.05, 3.63) is 12.2 Å². The van der Waals surface area contributed by atoms with Gasteiger partial charge in [-0.3, -0.25) is 9.59 Å². The lowest BCUT2D eigenvalue weighted by Gasteiger charge is -2.29. The number of nitrogens with zero attached hydrogens (tertiary/aromatic N) is 1. The van der Waals surface area contributed by atoms with E-state index in [0.717, 1.165) is 51.4 Å². The molecule has 0 fully saturated rings. The van der Waals surface area contributed by atoms with Crippen LogP contribution in [0.3, 0.4) is 0 Å². The number of carbonyl (C=O) groups excluding carboxylic acids is 2. The van der Waals surface area contributed by atoms with Crippen molar-refractivity contribution in [2.24, 2.45) is 0 Å². The van der Waals surface area contributed by atoms with Gasteiger partial charge in [-0.15, -0.1) is 0 Å². The van der Waals surface area contributed by atoms with Crippen LogP contribution in [-0.2, 0) is 19.1 Å². The van der Waals surface area contributed by atoms with E-state index in [9.17, 15) is 19.5 Å². The van der Waals surface area contributed by atoms with Gasteiger partial charge in [0.2, 0.25) is 0 Å². The Labute approximate surface area is 169 Å². The molecule has 0 heterocycles. The molecule has 0 bridgehead atoms. The van der Waals surface area contributed by atoms with Gasteiger partial charge in [0.05, 0.1) is 21.1 Å². The Hall–Kier alpha value is -1.89. The van der Waals surface area contributed by atoms with E-state index >= 15 is 0 Å². The van der Waals surface area contributed by atoms with Crippen molar-refractivity contribution in [1.82, 2.24) is 0 Å². The second kappa shape index (κ2) is 15.1. The summed E-state index contributed by atoms with van der Waals surface area (Å²) >= 11 is 0. The molecule has 0 saturated heterocycles. The number of carbonyl (C=O) groups is 3. The van der Waals surface area contributed by atoms with Crippen LogP contribution >= 0.6 is 0 Å². The van der Waals surface area contributed by atoms with Gasteiger partial charge in [0.15, 0.2) is 6.10 Å². The highest BCUT2D eigenvalue weighted by Gasteiger charge is 2.22. The topological polar surface area (TPSA) is 104 Å². The number of allylic oxidation sites excluding steroid dienone is 2. The number of carboxylic acid groups (broad SMARTS) is 2. The molecule has 0 aliphatic carbocycles. The van der Waals surface area contributed by atoms with Crippen molar-refractivity contribution in [3.63, 3.8) is 0 Å². The Bertz CT molecular complexity index is 496. The van der Waals surface area contributed by atoms with Crippen molar-refractivity contribution in [1.29, 1.82) is 0 Å². The third kappa shape index (κ3) is 18.9. The van der Waals surface area contributed by atoms with Crippen LogP contribution in [0, 0.1) is 0 Å². The molecule has 0 aromatic carbocycles. The van der Waals surface area contributed by atoms with Crippen molar-refractivity contribution in [3.8, 4) is 0 Å². The zero-order valence-corrected chi connectivity index (χ0v) is 17.7. The van der Waals surface area contributed by atoms with Gasteiger partial charge in [0, 0.05) is 25.2 Å². The van der Waals surface area contributed by atoms with Crippen molar-refractivity contribution in [2.45, 2.75) is 76.7 Å². The highest BCUT2D eigenvalue weighted by Crippen LogP contribution is 2.10. The Morgan fingerprint density at radius 1 is 0.929 bits per heavy atom. The molecule has 1 unspecified atom stereocenters. The first kappa shape index (κ1) is 26.1. The fourth-order valence-electron chi connectivity index (χ4n) is 2.84. The zero-order chi connectivity index (χ0) is 21.4. The number of unbranched alkanes of at least 4 members (excludes halogenated alkanes) is 6. The Balaban J connectivity index is 3.78. The smallest absolute Gasteiger partial charge is 0.306 e. The Morgan fingerprint density at radius 2 is 1.46 bits per heavy atom. The van der Waals surface area contributed by atoms with Crippen LogP contribution in [-0.4, -0.2) is 61.3 Å². The molecule has 0 rings (SSSR count). The minimum atomic E-state index is -1.21. The Kier molecular flexibility index (Phi) is 14.1. The first-order valence-corrected chi connectivity index (χ1v) is 10.2. The second-order valence-corrected chi connectivity index (χ2v) is 8.22. The van der Waals surface area contributed by atoms with Crippen LogP contribution in [0.1, 0.15) is 70.6 Å². The fraction of sp³-hybridized carbons (Fsp3) is 0.762. The lowest BCUT2D eigenvalue weighted by atomic mass is 10.1. The average Bonchev–Trinajstić information content (AvgIpc) is 2.53. The number of hydrogen-bond acceptors (Lipinski definition) is 5. The van der Waals surface area contributed by atoms with Crippen LogP contribution in [0.2, 0.25) is 0 Å². The molecular formula is C21H37NO6. The molecule has 28 heavy (non-hydrogen) atoms. The maximum atomic E-state index is 11.9. The molecule has 0 amide bonds. The van der Waals surface area contributed by atoms with Gasteiger partial charge in [0.25, 0.3) is 0 Å². The monoisotopic (exact) mass is 399 g/mol. The van der Waals surface area contributed by atoms with Crippen LogP contribution in [0.4, 0.5) is 0 Å². The summed E-state index contributed by atoms with van der Waals surface area (Å²) in [5, 5.41) is 19.4. The predicted molar refractivity (Wildman–Crippen MR) is 105 cm³/mol. The number of carboxylic acids is 2. The lowest BCUT2D eigenvalue weighted by Crippen LogP contribution is -2.45. The van der Waals surface area contributed by atoms with E-state index in [-0.39, 0.29) is 18.8 Å². The van der Waals surface area contributed by atoms with E-state index in [1.165, 1.54) is 0 Å². The summed E-state index contributed by atoms with van der Waals surface area (Å²) in [6.45, 7) is 0.431. The maximum absolute atomic E-state index is 11.9. The molecule has 1 atom stereocenters. The molecule has 0 aliphatic heterocycles. The zero-order valence-electron chi connectivity index (χ0n) is 17.7. The molecule has 0 aromatic rings. The summed E-state index contributed by atoms with van der Waals surface area (Å²) < 4.78 is 5.83. The minimum Gasteiger partial charge on any atom is -0.550 e. The molecule has 7 nitrogen and oxygen atoms in total. The van der Waals surface area contributed by atoms with Crippen molar-refractivity contribution in [2.75, 3.05) is 27.7 Å². The second-order valence-electron chi connectivity index (χ2n) is 8.22. The number of aliphatic carboxylic acids is 2. The van der Waals surface area contributed by atoms with E-state index < -0.39 is 18.0 Å². The van der Waals surface area contributed by atoms with Gasteiger partial charge < -0.3 is 24.2 Å². The van der Waals surface area contributed by atoms with Crippen molar-refractivity contribution >= 4 is 17.9 Å². The van der Waals surface area contributed by atoms with Gasteiger partial charge in [0.1, 0.15) is 6.54 Å². The molecule has 1 N–H and O–H groups in total. The molecule has 0 aromatic heterocycles. The van der Waals surface area contributed by atoms with Gasteiger partial charge in [-0.05, 0) is 38.5 Å². The third-order valence-electron chi connectivity index (χ3n) is 4.12. The first-order chi connectivity index (χ1) is 13.1. The van der Waals surface area contributed by atoms with Crippen molar-refractivity contribution < 1.29 is 33.8 Å². The quantitative estimate of drug-likeness (QED) is 0.174. The van der Waals surface area contributed by atoms with Gasteiger partial charge >= 0.3 is 11.9 Å². The molecule has 0 aliphatic rings. The van der Waals surface area contributed by atoms with Crippen LogP contribution in [0.5, 0.6) is 0 Å². The summed E-state index contributed by atoms with van der Waals surface area (Å²) in [6.07, 6.45) is 11.1. The average molecular weight is 400 g/mol. The number of rotatable bonds is 17. The molecule has 7 heteroatoms. The molecule has 0 radical (unpaired) electrons. The number of hydrogen-bond donors (Lipinski definition) is 1. The lowest BCUT2D eigenvalue weighted by molar-refractivity contribution is -0.873. The normalized spacial score (nSPS) is 12.8. The SMILES string of the molecule is C[N+](C)(C)CC(CC(=O)[O-])OC(=O)CCCCC/C=C/CCCCCC(=O)O. The molecular weight excluding hydrogens is 362 g/mol. The van der Waals surface area contributed by atoms with E-state index in [4.69, 9.17) is 9.84 Å². The summed E-state index contributed by atoms with van der Waals surface area (Å²) in [6, 6.07) is 0. The fourth-order valence-corrected chi connectivity index (χ4v) is 2.84. The van der Waals surface area contributed by atoms with Gasteiger partial charge in [-0.25, -0.2) is 0 Å². The van der Waals surface area contributed by atoms with Gasteiger partial charge in [-0.2, -0.15) is 0 Å². The maximum Gasteiger partial charge on any atom is 0.306 e. The number of quaternary nitrogens is 1. The molecule has 0 saturated carbocycles. The molecule has 0 spiro atoms. The van der Waals surface area contributed by atoms with Crippen LogP contribution in [0.15, 0.2) is 12.2 Å². The summed E-state index contributed by atoms with van der Waals surface area (Å²) in [5.74, 6) is -2.29. The summed E-state index contributed by atoms with van der Waals surface area (Å²) in [4.78, 5) is 33.1. The highest BCUT2D eigenvalue weighted by molar-refractivity contribution is 5.70. The first-order valence-electron chi connectivity index (χ1n) is 10.2. The van der Waals surface area contributed by atoms with E-state index in [1.54, 1.807) is 0 Å². The predicted octanol–water partition coefficient (Wildman–Crippen LogP) is 2.29. The van der Waals surface area contributed by atoms with E-state index in [0.29, 0.717) is 17.4 Å². The number of ether oxygens (including phenoxy) is 1. The minimum absolute atomic E-state index is 0.245. The largest absolute Gasteiger partial charge is 0.550 e. The van der Waals surface area contributed by atoms with Crippen LogP contribution < -0.4 is 5.11 Å². The standard InChI is InChI=1S/C21H37NO6/c1-22(2,3)17-18(16-20(25)26)28-21(27)15-13-11-9-7-5-4-6-8-10-12-14-19(23)24/h4-5,18H,6-17H2,1-3H3,(H-,23,24,25,26)/b5-4+. The van der Waals surface area contributed by atoms with Gasteiger partial charge in [-0.1, -0.05) is 25.0 Å².